The largest absolute Gasteiger partial charge is 0.497 e. The summed E-state index contributed by atoms with van der Waals surface area (Å²) in [6.45, 7) is 5.03. The number of hydrogen-bond donors (Lipinski definition) is 0. The highest BCUT2D eigenvalue weighted by Crippen LogP contribution is 2.32. The van der Waals surface area contributed by atoms with Crippen molar-refractivity contribution in [2.45, 2.75) is 26.9 Å². The average Bonchev–Trinajstić information content (AvgIpc) is 3.39. The normalized spacial score (nSPS) is 11.1. The summed E-state index contributed by atoms with van der Waals surface area (Å²) in [5, 5.41) is 9.08. The predicted octanol–water partition coefficient (Wildman–Crippen LogP) is 3.70. The van der Waals surface area contributed by atoms with Crippen LogP contribution in [0.15, 0.2) is 47.1 Å². The second kappa shape index (κ2) is 7.98. The number of carbonyl (C=O) groups excluding carboxylic acids is 1. The van der Waals surface area contributed by atoms with Crippen LogP contribution in [0.5, 0.6) is 5.75 Å². The molecule has 0 atom stereocenters. The summed E-state index contributed by atoms with van der Waals surface area (Å²) in [6, 6.07) is 11.2. The summed E-state index contributed by atoms with van der Waals surface area (Å²) >= 11 is 0. The van der Waals surface area contributed by atoms with E-state index >= 15 is 0 Å². The highest BCUT2D eigenvalue weighted by molar-refractivity contribution is 6.09. The Kier molecular flexibility index (Phi) is 5.22. The Hall–Kier alpha value is -3.68. The summed E-state index contributed by atoms with van der Waals surface area (Å²) in [4.78, 5) is 19.5. The van der Waals surface area contributed by atoms with E-state index in [1.807, 2.05) is 48.9 Å². The number of carbonyl (C=O) groups is 1. The molecule has 0 aliphatic heterocycles. The van der Waals surface area contributed by atoms with E-state index in [4.69, 9.17) is 9.26 Å². The first kappa shape index (κ1) is 19.6. The maximum atomic E-state index is 13.4. The molecule has 0 saturated carbocycles. The molecule has 0 unspecified atom stereocenters. The second-order valence-electron chi connectivity index (χ2n) is 7.05. The fraction of sp³-hybridized carbons (Fsp3) is 0.273. The van der Waals surface area contributed by atoms with Crippen molar-refractivity contribution >= 4 is 17.0 Å². The van der Waals surface area contributed by atoms with Gasteiger partial charge in [0, 0.05) is 31.0 Å². The first-order valence-corrected chi connectivity index (χ1v) is 9.69. The number of methoxy groups -OCH3 is 1. The van der Waals surface area contributed by atoms with E-state index in [1.165, 1.54) is 0 Å². The molecule has 4 aromatic rings. The zero-order valence-corrected chi connectivity index (χ0v) is 17.4. The van der Waals surface area contributed by atoms with Crippen LogP contribution in [-0.4, -0.2) is 44.9 Å². The van der Waals surface area contributed by atoms with Gasteiger partial charge in [-0.25, -0.2) is 4.98 Å². The van der Waals surface area contributed by atoms with Crippen molar-refractivity contribution in [3.63, 3.8) is 0 Å². The van der Waals surface area contributed by atoms with Crippen LogP contribution >= 0.6 is 0 Å². The van der Waals surface area contributed by atoms with E-state index < -0.39 is 0 Å². The van der Waals surface area contributed by atoms with Crippen molar-refractivity contribution in [2.24, 2.45) is 0 Å². The highest BCUT2D eigenvalue weighted by atomic mass is 16.5. The Morgan fingerprint density at radius 2 is 2.10 bits per heavy atom. The molecule has 0 aliphatic carbocycles. The summed E-state index contributed by atoms with van der Waals surface area (Å²) in [6.07, 6.45) is 1.74. The lowest BCUT2D eigenvalue weighted by atomic mass is 10.0. The topological polar surface area (TPSA) is 86.3 Å². The molecule has 3 aromatic heterocycles. The number of fused-ring (bicyclic) bond motifs is 1. The van der Waals surface area contributed by atoms with Crippen LogP contribution in [0.25, 0.3) is 22.4 Å². The van der Waals surface area contributed by atoms with Crippen molar-refractivity contribution in [1.29, 1.82) is 0 Å². The molecule has 0 saturated heterocycles. The van der Waals surface area contributed by atoms with Crippen molar-refractivity contribution < 1.29 is 14.1 Å². The van der Waals surface area contributed by atoms with E-state index in [0.717, 1.165) is 17.8 Å². The van der Waals surface area contributed by atoms with Gasteiger partial charge in [0.25, 0.3) is 11.6 Å². The standard InChI is InChI=1S/C22H23N5O3/c1-5-27-16(9-10-23-27)13-26(3)22(28)18-11-14(2)24-21-19(18)20(25-30-21)15-7-6-8-17(12-15)29-4/h6-12H,5,13H2,1-4H3. The van der Waals surface area contributed by atoms with Crippen molar-refractivity contribution in [2.75, 3.05) is 14.2 Å². The van der Waals surface area contributed by atoms with E-state index in [2.05, 4.69) is 15.2 Å². The van der Waals surface area contributed by atoms with Crippen LogP contribution in [0.2, 0.25) is 0 Å². The molecule has 0 N–H and O–H groups in total. The fourth-order valence-electron chi connectivity index (χ4n) is 3.51. The molecule has 0 spiro atoms. The van der Waals surface area contributed by atoms with Gasteiger partial charge in [-0.3, -0.25) is 9.48 Å². The third kappa shape index (κ3) is 3.52. The number of amides is 1. The number of nitrogens with zero attached hydrogens (tertiary/aromatic N) is 5. The minimum atomic E-state index is -0.137. The van der Waals surface area contributed by atoms with Crippen LogP contribution in [-0.2, 0) is 13.1 Å². The number of aromatic nitrogens is 4. The number of ether oxygens (including phenoxy) is 1. The lowest BCUT2D eigenvalue weighted by Crippen LogP contribution is -2.27. The lowest BCUT2D eigenvalue weighted by Gasteiger charge is -2.18. The van der Waals surface area contributed by atoms with Gasteiger partial charge in [0.05, 0.1) is 30.3 Å². The Balaban J connectivity index is 1.77. The molecule has 154 valence electrons. The van der Waals surface area contributed by atoms with E-state index in [9.17, 15) is 4.79 Å². The van der Waals surface area contributed by atoms with Gasteiger partial charge in [-0.15, -0.1) is 0 Å². The zero-order valence-electron chi connectivity index (χ0n) is 17.4. The Bertz CT molecular complexity index is 1210. The van der Waals surface area contributed by atoms with E-state index in [0.29, 0.717) is 40.3 Å². The summed E-state index contributed by atoms with van der Waals surface area (Å²) in [7, 11) is 3.38. The van der Waals surface area contributed by atoms with Gasteiger partial charge in [-0.1, -0.05) is 17.3 Å². The summed E-state index contributed by atoms with van der Waals surface area (Å²) < 4.78 is 12.7. The van der Waals surface area contributed by atoms with Gasteiger partial charge < -0.3 is 14.2 Å². The fourth-order valence-corrected chi connectivity index (χ4v) is 3.51. The lowest BCUT2D eigenvalue weighted by molar-refractivity contribution is 0.0783. The van der Waals surface area contributed by atoms with Crippen molar-refractivity contribution in [1.82, 2.24) is 24.8 Å². The molecular formula is C22H23N5O3. The molecule has 8 heteroatoms. The Morgan fingerprint density at radius 3 is 2.87 bits per heavy atom. The highest BCUT2D eigenvalue weighted by Gasteiger charge is 2.23. The maximum Gasteiger partial charge on any atom is 0.259 e. The smallest absolute Gasteiger partial charge is 0.259 e. The molecular weight excluding hydrogens is 382 g/mol. The van der Waals surface area contributed by atoms with E-state index in [-0.39, 0.29) is 5.91 Å². The molecule has 4 rings (SSSR count). The first-order chi connectivity index (χ1) is 14.5. The van der Waals surface area contributed by atoms with Crippen LogP contribution < -0.4 is 4.74 Å². The van der Waals surface area contributed by atoms with Crippen LogP contribution in [0.1, 0.15) is 28.7 Å². The number of rotatable bonds is 6. The molecule has 8 nitrogen and oxygen atoms in total. The third-order valence-electron chi connectivity index (χ3n) is 5.00. The van der Waals surface area contributed by atoms with Gasteiger partial charge in [-0.05, 0) is 38.1 Å². The first-order valence-electron chi connectivity index (χ1n) is 9.69. The Morgan fingerprint density at radius 1 is 1.27 bits per heavy atom. The monoisotopic (exact) mass is 405 g/mol. The molecule has 3 heterocycles. The minimum Gasteiger partial charge on any atom is -0.497 e. The number of hydrogen-bond acceptors (Lipinski definition) is 6. The third-order valence-corrected chi connectivity index (χ3v) is 5.00. The predicted molar refractivity (Wildman–Crippen MR) is 112 cm³/mol. The molecule has 1 aromatic carbocycles. The van der Waals surface area contributed by atoms with Crippen LogP contribution in [0.4, 0.5) is 0 Å². The summed E-state index contributed by atoms with van der Waals surface area (Å²) in [5.41, 5.74) is 3.84. The van der Waals surface area contributed by atoms with Gasteiger partial charge >= 0.3 is 0 Å². The number of benzene rings is 1. The quantitative estimate of drug-likeness (QED) is 0.486. The summed E-state index contributed by atoms with van der Waals surface area (Å²) in [5.74, 6) is 0.559. The molecule has 0 aliphatic rings. The maximum absolute atomic E-state index is 13.4. The molecule has 1 amide bonds. The number of pyridine rings is 1. The zero-order chi connectivity index (χ0) is 21.3. The Labute approximate surface area is 174 Å². The van der Waals surface area contributed by atoms with Gasteiger partial charge in [0.2, 0.25) is 0 Å². The van der Waals surface area contributed by atoms with Crippen LogP contribution in [0.3, 0.4) is 0 Å². The van der Waals surface area contributed by atoms with Crippen molar-refractivity contribution in [3.05, 3.63) is 59.5 Å². The number of aryl methyl sites for hydroxylation is 2. The molecule has 30 heavy (non-hydrogen) atoms. The average molecular weight is 405 g/mol. The molecule has 0 radical (unpaired) electrons. The van der Waals surface area contributed by atoms with Gasteiger partial charge in [0.15, 0.2) is 0 Å². The van der Waals surface area contributed by atoms with Gasteiger partial charge in [-0.2, -0.15) is 5.10 Å². The molecule has 0 fully saturated rings. The van der Waals surface area contributed by atoms with Crippen LogP contribution in [0, 0.1) is 6.92 Å². The second-order valence-corrected chi connectivity index (χ2v) is 7.05. The molecule has 0 bridgehead atoms. The van der Waals surface area contributed by atoms with Gasteiger partial charge in [0.1, 0.15) is 11.4 Å². The minimum absolute atomic E-state index is 0.137. The van der Waals surface area contributed by atoms with E-state index in [1.54, 1.807) is 31.3 Å². The van der Waals surface area contributed by atoms with Crippen molar-refractivity contribution in [3.8, 4) is 17.0 Å². The SMILES string of the molecule is CCn1nccc1CN(C)C(=O)c1cc(C)nc2onc(-c3cccc(OC)c3)c12.